The number of carbonyl (C=O) groups excluding carboxylic acids is 1. The van der Waals surface area contributed by atoms with Crippen LogP contribution in [-0.2, 0) is 10.0 Å². The van der Waals surface area contributed by atoms with Gasteiger partial charge < -0.3 is 5.32 Å². The van der Waals surface area contributed by atoms with E-state index in [1.54, 1.807) is 0 Å². The molecule has 13 heteroatoms. The number of nitrogens with one attached hydrogen (secondary N) is 2. The fraction of sp³-hybridized carbons (Fsp3) is 0. The lowest BCUT2D eigenvalue weighted by Crippen LogP contribution is -2.15. The first kappa shape index (κ1) is 21.4. The van der Waals surface area contributed by atoms with Crippen molar-refractivity contribution < 1.29 is 18.1 Å². The van der Waals surface area contributed by atoms with Gasteiger partial charge in [0.2, 0.25) is 0 Å². The summed E-state index contributed by atoms with van der Waals surface area (Å²) in [4.78, 5) is 22.5. The summed E-state index contributed by atoms with van der Waals surface area (Å²) in [5.74, 6) is -0.703. The van der Waals surface area contributed by atoms with Crippen molar-refractivity contribution in [3.63, 3.8) is 0 Å². The maximum Gasteiger partial charge on any atom is 0.270 e. The van der Waals surface area contributed by atoms with Crippen LogP contribution in [0.5, 0.6) is 0 Å². The lowest BCUT2D eigenvalue weighted by Gasteiger charge is -2.09. The Morgan fingerprint density at radius 1 is 1.00 bits per heavy atom. The molecule has 3 rings (SSSR count). The Balaban J connectivity index is 1.75. The fourth-order valence-electron chi connectivity index (χ4n) is 2.28. The Bertz CT molecular complexity index is 1220. The highest BCUT2D eigenvalue weighted by Crippen LogP contribution is 2.24. The molecule has 0 unspecified atom stereocenters. The number of non-ortho nitro benzene ring substituents is 1. The summed E-state index contributed by atoms with van der Waals surface area (Å²) in [5.41, 5.74) is -0.124. The van der Waals surface area contributed by atoms with Gasteiger partial charge in [-0.25, -0.2) is 8.42 Å². The molecule has 0 saturated carbocycles. The molecule has 0 saturated heterocycles. The molecule has 10 nitrogen and oxygen atoms in total. The Kier molecular flexibility index (Phi) is 6.15. The number of sulfonamides is 1. The van der Waals surface area contributed by atoms with Crippen LogP contribution < -0.4 is 10.0 Å². The van der Waals surface area contributed by atoms with E-state index >= 15 is 0 Å². The summed E-state index contributed by atoms with van der Waals surface area (Å²) < 4.78 is 27.1. The van der Waals surface area contributed by atoms with Crippen LogP contribution in [0.1, 0.15) is 10.4 Å². The van der Waals surface area contributed by atoms with E-state index in [2.05, 4.69) is 20.2 Å². The molecule has 0 spiro atoms. The van der Waals surface area contributed by atoms with Crippen LogP contribution in [0.15, 0.2) is 59.5 Å². The first-order valence-corrected chi connectivity index (χ1v) is 10.3. The van der Waals surface area contributed by atoms with Crippen molar-refractivity contribution in [2.45, 2.75) is 4.90 Å². The van der Waals surface area contributed by atoms with E-state index in [0.717, 1.165) is 6.07 Å². The van der Waals surface area contributed by atoms with Gasteiger partial charge in [0.05, 0.1) is 20.4 Å². The minimum Gasteiger partial charge on any atom is -0.322 e. The van der Waals surface area contributed by atoms with Crippen molar-refractivity contribution >= 4 is 56.3 Å². The number of halogens is 2. The number of hydrogen-bond donors (Lipinski definition) is 2. The molecule has 154 valence electrons. The maximum absolute atomic E-state index is 12.4. The predicted octanol–water partition coefficient (Wildman–Crippen LogP) is 3.74. The summed E-state index contributed by atoms with van der Waals surface area (Å²) in [6.07, 6.45) is 0. The Hall–Kier alpha value is -3.28. The molecule has 30 heavy (non-hydrogen) atoms. The average molecular weight is 468 g/mol. The third-order valence-electron chi connectivity index (χ3n) is 3.70. The molecule has 2 aromatic carbocycles. The second-order valence-electron chi connectivity index (χ2n) is 5.75. The number of nitro benzene ring substituents is 1. The van der Waals surface area contributed by atoms with Crippen LogP contribution in [0, 0.1) is 10.1 Å². The monoisotopic (exact) mass is 467 g/mol. The third kappa shape index (κ3) is 5.00. The molecule has 0 fully saturated rings. The molecular formula is C17H11Cl2N5O5S. The molecular weight excluding hydrogens is 457 g/mol. The van der Waals surface area contributed by atoms with Crippen molar-refractivity contribution in [2.24, 2.45) is 0 Å². The van der Waals surface area contributed by atoms with Crippen molar-refractivity contribution in [1.82, 2.24) is 10.2 Å². The van der Waals surface area contributed by atoms with Gasteiger partial charge in [-0.3, -0.25) is 19.6 Å². The quantitative estimate of drug-likeness (QED) is 0.414. The molecule has 0 radical (unpaired) electrons. The minimum atomic E-state index is -3.95. The molecule has 0 aliphatic carbocycles. The topological polar surface area (TPSA) is 144 Å². The van der Waals surface area contributed by atoms with E-state index in [-0.39, 0.29) is 37.8 Å². The maximum atomic E-state index is 12.4. The molecule has 0 bridgehead atoms. The molecule has 0 aliphatic rings. The van der Waals surface area contributed by atoms with Gasteiger partial charge in [-0.1, -0.05) is 23.2 Å². The number of amides is 1. The van der Waals surface area contributed by atoms with Crippen molar-refractivity contribution in [3.8, 4) is 0 Å². The van der Waals surface area contributed by atoms with Gasteiger partial charge in [0, 0.05) is 17.8 Å². The van der Waals surface area contributed by atoms with Crippen LogP contribution >= 0.6 is 23.2 Å². The molecule has 1 heterocycles. The highest BCUT2D eigenvalue weighted by atomic mass is 35.5. The summed E-state index contributed by atoms with van der Waals surface area (Å²) in [6, 6.07) is 11.4. The van der Waals surface area contributed by atoms with Gasteiger partial charge in [-0.15, -0.1) is 10.2 Å². The number of rotatable bonds is 6. The Morgan fingerprint density at radius 3 is 2.30 bits per heavy atom. The second-order valence-corrected chi connectivity index (χ2v) is 8.22. The molecule has 3 aromatic rings. The van der Waals surface area contributed by atoms with Crippen LogP contribution in [0.4, 0.5) is 17.2 Å². The highest BCUT2D eigenvalue weighted by Gasteiger charge is 2.18. The SMILES string of the molecule is O=C(Nc1ccc(S(=O)(=O)Nc2ccc(Cl)nn2)cc1)c1cc([N+](=O)[O-])ccc1Cl. The van der Waals surface area contributed by atoms with Crippen molar-refractivity contribution in [2.75, 3.05) is 10.0 Å². The Morgan fingerprint density at radius 2 is 1.70 bits per heavy atom. The predicted molar refractivity (Wildman–Crippen MR) is 110 cm³/mol. The zero-order valence-electron chi connectivity index (χ0n) is 14.7. The summed E-state index contributed by atoms with van der Waals surface area (Å²) in [7, 11) is -3.95. The van der Waals surface area contributed by atoms with Gasteiger partial charge in [0.15, 0.2) is 11.0 Å². The van der Waals surface area contributed by atoms with Crippen molar-refractivity contribution in [3.05, 3.63) is 80.5 Å². The third-order valence-corrected chi connectivity index (χ3v) is 5.60. The van der Waals surface area contributed by atoms with Gasteiger partial charge in [0.25, 0.3) is 21.6 Å². The standard InChI is InChI=1S/C17H11Cl2N5O5S/c18-14-6-3-11(24(26)27)9-13(14)17(25)20-10-1-4-12(5-2-10)30(28,29)23-16-8-7-15(19)21-22-16/h1-9H,(H,20,25)(H,22,23). The number of aromatic nitrogens is 2. The van der Waals surface area contributed by atoms with Gasteiger partial charge in [0.1, 0.15) is 0 Å². The van der Waals surface area contributed by atoms with E-state index in [4.69, 9.17) is 23.2 Å². The lowest BCUT2D eigenvalue weighted by atomic mass is 10.2. The largest absolute Gasteiger partial charge is 0.322 e. The first-order chi connectivity index (χ1) is 14.2. The van der Waals surface area contributed by atoms with E-state index in [0.29, 0.717) is 0 Å². The number of hydrogen-bond acceptors (Lipinski definition) is 7. The zero-order chi connectivity index (χ0) is 21.9. The fourth-order valence-corrected chi connectivity index (χ4v) is 3.58. The normalized spacial score (nSPS) is 11.0. The van der Waals surface area contributed by atoms with Crippen molar-refractivity contribution in [1.29, 1.82) is 0 Å². The van der Waals surface area contributed by atoms with E-state index < -0.39 is 20.9 Å². The number of nitrogens with zero attached hydrogens (tertiary/aromatic N) is 3. The van der Waals surface area contributed by atoms with E-state index in [9.17, 15) is 23.3 Å². The second kappa shape index (κ2) is 8.61. The molecule has 0 atom stereocenters. The van der Waals surface area contributed by atoms with Gasteiger partial charge >= 0.3 is 0 Å². The summed E-state index contributed by atoms with van der Waals surface area (Å²) >= 11 is 11.6. The number of nitro groups is 1. The van der Waals surface area contributed by atoms with Crippen LogP contribution in [-0.4, -0.2) is 29.4 Å². The zero-order valence-corrected chi connectivity index (χ0v) is 17.1. The van der Waals surface area contributed by atoms with E-state index in [1.165, 1.54) is 48.5 Å². The molecule has 1 amide bonds. The summed E-state index contributed by atoms with van der Waals surface area (Å²) in [6.45, 7) is 0. The Labute approximate surface area is 180 Å². The summed E-state index contributed by atoms with van der Waals surface area (Å²) in [5, 5.41) is 20.7. The number of benzene rings is 2. The first-order valence-electron chi connectivity index (χ1n) is 8.03. The molecule has 1 aromatic heterocycles. The van der Waals surface area contributed by atoms with Gasteiger partial charge in [-0.05, 0) is 42.5 Å². The van der Waals surface area contributed by atoms with Crippen LogP contribution in [0.2, 0.25) is 10.2 Å². The molecule has 0 aliphatic heterocycles. The average Bonchev–Trinajstić information content (AvgIpc) is 2.70. The number of anilines is 2. The molecule has 2 N–H and O–H groups in total. The number of carbonyl (C=O) groups is 1. The van der Waals surface area contributed by atoms with Crippen LogP contribution in [0.25, 0.3) is 0 Å². The lowest BCUT2D eigenvalue weighted by molar-refractivity contribution is -0.384. The minimum absolute atomic E-state index is 0.0166. The highest BCUT2D eigenvalue weighted by molar-refractivity contribution is 7.92. The van der Waals surface area contributed by atoms with Gasteiger partial charge in [-0.2, -0.15) is 0 Å². The smallest absolute Gasteiger partial charge is 0.270 e. The van der Waals surface area contributed by atoms with E-state index in [1.807, 2.05) is 0 Å². The van der Waals surface area contributed by atoms with Crippen LogP contribution in [0.3, 0.4) is 0 Å².